The summed E-state index contributed by atoms with van der Waals surface area (Å²) in [5.41, 5.74) is 0. The van der Waals surface area contributed by atoms with E-state index in [-0.39, 0.29) is 38.9 Å². The van der Waals surface area contributed by atoms with Gasteiger partial charge in [-0.05, 0) is 24.6 Å². The largest absolute Gasteiger partial charge is 0.356 e. The molecule has 1 rings (SSSR count). The molecule has 0 unspecified atom stereocenters. The second-order valence-corrected chi connectivity index (χ2v) is 7.75. The van der Waals surface area contributed by atoms with Crippen molar-refractivity contribution in [3.05, 3.63) is 28.2 Å². The predicted molar refractivity (Wildman–Crippen MR) is 89.4 cm³/mol. The van der Waals surface area contributed by atoms with E-state index in [0.29, 0.717) is 19.5 Å². The van der Waals surface area contributed by atoms with E-state index < -0.39 is 9.84 Å². The lowest BCUT2D eigenvalue weighted by atomic mass is 10.4. The van der Waals surface area contributed by atoms with Crippen molar-refractivity contribution in [1.82, 2.24) is 10.6 Å². The van der Waals surface area contributed by atoms with Gasteiger partial charge < -0.3 is 10.6 Å². The van der Waals surface area contributed by atoms with Crippen LogP contribution in [0.1, 0.15) is 19.8 Å². The SMILES string of the molecule is CC(=O)NCCCNC(=O)CCS(=O)(=O)c1ccc(Cl)c(Cl)c1. The average molecular weight is 381 g/mol. The lowest BCUT2D eigenvalue weighted by Gasteiger charge is -2.07. The van der Waals surface area contributed by atoms with Crippen LogP contribution in [0, 0.1) is 0 Å². The van der Waals surface area contributed by atoms with Crippen LogP contribution in [-0.4, -0.2) is 39.1 Å². The van der Waals surface area contributed by atoms with Crippen LogP contribution in [0.5, 0.6) is 0 Å². The summed E-state index contributed by atoms with van der Waals surface area (Å²) >= 11 is 11.5. The summed E-state index contributed by atoms with van der Waals surface area (Å²) in [5, 5.41) is 5.61. The van der Waals surface area contributed by atoms with Crippen LogP contribution in [0.15, 0.2) is 23.1 Å². The summed E-state index contributed by atoms with van der Waals surface area (Å²) < 4.78 is 24.2. The van der Waals surface area contributed by atoms with Crippen molar-refractivity contribution in [2.45, 2.75) is 24.7 Å². The Labute approximate surface area is 145 Å². The van der Waals surface area contributed by atoms with Crippen molar-refractivity contribution in [1.29, 1.82) is 0 Å². The fraction of sp³-hybridized carbons (Fsp3) is 0.429. The number of amides is 2. The maximum Gasteiger partial charge on any atom is 0.221 e. The Morgan fingerprint density at radius 2 is 1.74 bits per heavy atom. The Kier molecular flexibility index (Phi) is 7.81. The molecule has 1 aromatic rings. The molecule has 2 amide bonds. The zero-order chi connectivity index (χ0) is 17.5. The fourth-order valence-corrected chi connectivity index (χ4v) is 3.31. The zero-order valence-corrected chi connectivity index (χ0v) is 14.9. The highest BCUT2D eigenvalue weighted by atomic mass is 35.5. The molecule has 0 spiro atoms. The molecule has 0 bridgehead atoms. The monoisotopic (exact) mass is 380 g/mol. The average Bonchev–Trinajstić information content (AvgIpc) is 2.47. The second kappa shape index (κ2) is 9.10. The van der Waals surface area contributed by atoms with E-state index in [1.165, 1.54) is 25.1 Å². The van der Waals surface area contributed by atoms with E-state index >= 15 is 0 Å². The molecule has 0 fully saturated rings. The van der Waals surface area contributed by atoms with Gasteiger partial charge in [-0.1, -0.05) is 23.2 Å². The number of nitrogens with one attached hydrogen (secondary N) is 2. The second-order valence-electron chi connectivity index (χ2n) is 4.83. The van der Waals surface area contributed by atoms with Crippen LogP contribution in [0.25, 0.3) is 0 Å². The molecule has 6 nitrogen and oxygen atoms in total. The van der Waals surface area contributed by atoms with Gasteiger partial charge in [0.15, 0.2) is 9.84 Å². The van der Waals surface area contributed by atoms with Crippen LogP contribution >= 0.6 is 23.2 Å². The first-order valence-electron chi connectivity index (χ1n) is 6.91. The fourth-order valence-electron chi connectivity index (χ4n) is 1.68. The van der Waals surface area contributed by atoms with Gasteiger partial charge in [-0.15, -0.1) is 0 Å². The Balaban J connectivity index is 2.42. The Bertz CT molecular complexity index is 677. The van der Waals surface area contributed by atoms with Gasteiger partial charge in [0, 0.05) is 26.4 Å². The molecule has 0 aromatic heterocycles. The van der Waals surface area contributed by atoms with E-state index in [0.717, 1.165) is 0 Å². The van der Waals surface area contributed by atoms with Gasteiger partial charge in [0.2, 0.25) is 11.8 Å². The molecule has 0 aliphatic carbocycles. The molecule has 0 radical (unpaired) electrons. The molecule has 9 heteroatoms. The molecule has 0 atom stereocenters. The minimum atomic E-state index is -3.60. The minimum absolute atomic E-state index is 0.0327. The maximum absolute atomic E-state index is 12.1. The van der Waals surface area contributed by atoms with Gasteiger partial charge in [-0.2, -0.15) is 0 Å². The van der Waals surface area contributed by atoms with Gasteiger partial charge in [-0.3, -0.25) is 9.59 Å². The molecule has 23 heavy (non-hydrogen) atoms. The van der Waals surface area contributed by atoms with Gasteiger partial charge in [0.25, 0.3) is 0 Å². The van der Waals surface area contributed by atoms with Crippen molar-refractivity contribution in [2.24, 2.45) is 0 Å². The molecular weight excluding hydrogens is 363 g/mol. The first-order chi connectivity index (χ1) is 10.7. The topological polar surface area (TPSA) is 92.3 Å². The smallest absolute Gasteiger partial charge is 0.221 e. The standard InChI is InChI=1S/C14H18Cl2N2O4S/c1-10(19)17-6-2-7-18-14(20)5-8-23(21,22)11-3-4-12(15)13(16)9-11/h3-4,9H,2,5-8H2,1H3,(H,17,19)(H,18,20). The van der Waals surface area contributed by atoms with Crippen molar-refractivity contribution >= 4 is 44.9 Å². The van der Waals surface area contributed by atoms with Crippen molar-refractivity contribution in [3.8, 4) is 0 Å². The normalized spacial score (nSPS) is 11.1. The van der Waals surface area contributed by atoms with Gasteiger partial charge >= 0.3 is 0 Å². The van der Waals surface area contributed by atoms with Crippen LogP contribution < -0.4 is 10.6 Å². The van der Waals surface area contributed by atoms with Crippen LogP contribution in [0.3, 0.4) is 0 Å². The van der Waals surface area contributed by atoms with E-state index in [1.807, 2.05) is 0 Å². The van der Waals surface area contributed by atoms with E-state index in [9.17, 15) is 18.0 Å². The quantitative estimate of drug-likeness (QED) is 0.672. The summed E-state index contributed by atoms with van der Waals surface area (Å²) in [6, 6.07) is 4.03. The maximum atomic E-state index is 12.1. The summed E-state index contributed by atoms with van der Waals surface area (Å²) in [6.07, 6.45) is 0.424. The number of halogens is 2. The third-order valence-corrected chi connectivity index (χ3v) is 5.35. The molecular formula is C14H18Cl2N2O4S. The third-order valence-electron chi connectivity index (χ3n) is 2.90. The highest BCUT2D eigenvalue weighted by molar-refractivity contribution is 7.91. The molecule has 0 saturated heterocycles. The van der Waals surface area contributed by atoms with E-state index in [4.69, 9.17) is 23.2 Å². The third kappa shape index (κ3) is 7.20. The number of benzene rings is 1. The predicted octanol–water partition coefficient (Wildman–Crippen LogP) is 1.80. The van der Waals surface area contributed by atoms with Crippen LogP contribution in [-0.2, 0) is 19.4 Å². The minimum Gasteiger partial charge on any atom is -0.356 e. The van der Waals surface area contributed by atoms with Gasteiger partial charge in [0.1, 0.15) is 0 Å². The van der Waals surface area contributed by atoms with E-state index in [1.54, 1.807) is 0 Å². The molecule has 0 aliphatic heterocycles. The lowest BCUT2D eigenvalue weighted by molar-refractivity contribution is -0.120. The summed E-state index contributed by atoms with van der Waals surface area (Å²) in [5.74, 6) is -0.817. The first-order valence-corrected chi connectivity index (χ1v) is 9.32. The van der Waals surface area contributed by atoms with E-state index in [2.05, 4.69) is 10.6 Å². The summed E-state index contributed by atoms with van der Waals surface area (Å²) in [6.45, 7) is 2.23. The number of rotatable bonds is 8. The molecule has 0 saturated carbocycles. The van der Waals surface area contributed by atoms with Crippen LogP contribution in [0.2, 0.25) is 10.0 Å². The molecule has 1 aromatic carbocycles. The molecule has 0 aliphatic rings. The molecule has 2 N–H and O–H groups in total. The number of carbonyl (C=O) groups excluding carboxylic acids is 2. The molecule has 0 heterocycles. The summed E-state index contributed by atoms with van der Waals surface area (Å²) in [7, 11) is -3.60. The van der Waals surface area contributed by atoms with Crippen molar-refractivity contribution in [2.75, 3.05) is 18.8 Å². The highest BCUT2D eigenvalue weighted by Crippen LogP contribution is 2.25. The Morgan fingerprint density at radius 3 is 2.35 bits per heavy atom. The highest BCUT2D eigenvalue weighted by Gasteiger charge is 2.17. The zero-order valence-electron chi connectivity index (χ0n) is 12.6. The van der Waals surface area contributed by atoms with Gasteiger partial charge in [0.05, 0.1) is 20.7 Å². The number of sulfone groups is 1. The van der Waals surface area contributed by atoms with Gasteiger partial charge in [-0.25, -0.2) is 8.42 Å². The number of carbonyl (C=O) groups is 2. The number of hydrogen-bond acceptors (Lipinski definition) is 4. The van der Waals surface area contributed by atoms with Crippen molar-refractivity contribution < 1.29 is 18.0 Å². The Hall–Kier alpha value is -1.31. The first kappa shape index (κ1) is 19.7. The molecule has 128 valence electrons. The summed E-state index contributed by atoms with van der Waals surface area (Å²) in [4.78, 5) is 22.3. The van der Waals surface area contributed by atoms with Crippen molar-refractivity contribution in [3.63, 3.8) is 0 Å². The Morgan fingerprint density at radius 1 is 1.09 bits per heavy atom. The van der Waals surface area contributed by atoms with Crippen LogP contribution in [0.4, 0.5) is 0 Å². The number of hydrogen-bond donors (Lipinski definition) is 2. The lowest BCUT2D eigenvalue weighted by Crippen LogP contribution is -2.29.